The fourth-order valence-electron chi connectivity index (χ4n) is 2.35. The Kier molecular flexibility index (Phi) is 7.06. The highest BCUT2D eigenvalue weighted by atomic mass is 35.5. The molecule has 1 radical (unpaired) electrons. The van der Waals surface area contributed by atoms with Gasteiger partial charge in [0.1, 0.15) is 0 Å². The van der Waals surface area contributed by atoms with Crippen molar-refractivity contribution in [3.8, 4) is 0 Å². The van der Waals surface area contributed by atoms with Crippen LogP contribution in [0.3, 0.4) is 0 Å². The summed E-state index contributed by atoms with van der Waals surface area (Å²) in [7, 11) is 0. The van der Waals surface area contributed by atoms with Gasteiger partial charge in [-0.05, 0) is 43.2 Å². The zero-order chi connectivity index (χ0) is 18.3. The summed E-state index contributed by atoms with van der Waals surface area (Å²) in [5, 5.41) is 4.31. The van der Waals surface area contributed by atoms with Crippen molar-refractivity contribution < 1.29 is 9.53 Å². The Bertz CT molecular complexity index is 734. The number of nitrogens with one attached hydrogen (secondary N) is 1. The van der Waals surface area contributed by atoms with Crippen molar-refractivity contribution in [3.63, 3.8) is 0 Å². The van der Waals surface area contributed by atoms with E-state index >= 15 is 0 Å². The highest BCUT2D eigenvalue weighted by Gasteiger charge is 2.27. The Hall–Kier alpha value is -1.81. The topological polar surface area (TPSA) is 38.3 Å². The van der Waals surface area contributed by atoms with Crippen LogP contribution in [-0.4, -0.2) is 18.1 Å². The minimum Gasteiger partial charge on any atom is -0.453 e. The molecule has 0 aliphatic heterocycles. The lowest BCUT2D eigenvalue weighted by molar-refractivity contribution is 0.0541. The third-order valence-corrected chi connectivity index (χ3v) is 4.38. The van der Waals surface area contributed by atoms with Crippen LogP contribution in [0.25, 0.3) is 0 Å². The van der Waals surface area contributed by atoms with Crippen LogP contribution in [0, 0.1) is 6.61 Å². The number of benzene rings is 2. The maximum atomic E-state index is 12.2. The molecular weight excluding hydrogens is 357 g/mol. The molecule has 5 heteroatoms. The maximum absolute atomic E-state index is 12.2. The predicted molar refractivity (Wildman–Crippen MR) is 103 cm³/mol. The van der Waals surface area contributed by atoms with Crippen molar-refractivity contribution in [2.75, 3.05) is 6.54 Å². The van der Waals surface area contributed by atoms with Gasteiger partial charge in [-0.3, -0.25) is 0 Å². The second-order valence-electron chi connectivity index (χ2n) is 5.90. The molecule has 0 spiro atoms. The SMILES string of the molecule is C=CCNC(C)([CH]OC(=O)c1ccccc1)Cc1ccc(Cl)c(Cl)c1. The Balaban J connectivity index is 2.09. The standard InChI is InChI=1S/C20H20Cl2NO2/c1-3-11-23-20(2,13-15-9-10-17(21)18(22)12-15)14-25-19(24)16-7-5-4-6-8-16/h3-10,12,14,23H,1,11,13H2,2H3. The number of carbonyl (C=O) groups is 1. The molecule has 1 unspecified atom stereocenters. The van der Waals surface area contributed by atoms with Gasteiger partial charge < -0.3 is 10.1 Å². The highest BCUT2D eigenvalue weighted by molar-refractivity contribution is 6.42. The van der Waals surface area contributed by atoms with Gasteiger partial charge in [-0.25, -0.2) is 4.79 Å². The first-order valence-corrected chi connectivity index (χ1v) is 8.59. The quantitative estimate of drug-likeness (QED) is 0.515. The van der Waals surface area contributed by atoms with Crippen LogP contribution in [0.15, 0.2) is 61.2 Å². The van der Waals surface area contributed by atoms with Crippen LogP contribution >= 0.6 is 23.2 Å². The molecule has 2 aromatic carbocycles. The smallest absolute Gasteiger partial charge is 0.338 e. The van der Waals surface area contributed by atoms with Crippen molar-refractivity contribution in [2.45, 2.75) is 18.9 Å². The molecule has 1 atom stereocenters. The van der Waals surface area contributed by atoms with E-state index in [1.807, 2.05) is 25.1 Å². The summed E-state index contributed by atoms with van der Waals surface area (Å²) in [6.07, 6.45) is 2.32. The third-order valence-electron chi connectivity index (χ3n) is 3.64. The van der Waals surface area contributed by atoms with Crippen molar-refractivity contribution in [1.82, 2.24) is 5.32 Å². The number of esters is 1. The largest absolute Gasteiger partial charge is 0.453 e. The number of rotatable bonds is 8. The maximum Gasteiger partial charge on any atom is 0.338 e. The van der Waals surface area contributed by atoms with Gasteiger partial charge >= 0.3 is 5.97 Å². The van der Waals surface area contributed by atoms with Crippen molar-refractivity contribution >= 4 is 29.2 Å². The molecule has 3 nitrogen and oxygen atoms in total. The van der Waals surface area contributed by atoms with Crippen LogP contribution in [0.2, 0.25) is 10.0 Å². The number of ether oxygens (including phenoxy) is 1. The summed E-state index contributed by atoms with van der Waals surface area (Å²) in [5.41, 5.74) is 0.885. The molecule has 2 aromatic rings. The van der Waals surface area contributed by atoms with Crippen LogP contribution in [0.4, 0.5) is 0 Å². The van der Waals surface area contributed by atoms with E-state index in [1.54, 1.807) is 36.4 Å². The van der Waals surface area contributed by atoms with Crippen molar-refractivity contribution in [3.05, 3.63) is 89.0 Å². The van der Waals surface area contributed by atoms with Gasteiger partial charge in [-0.2, -0.15) is 0 Å². The summed E-state index contributed by atoms with van der Waals surface area (Å²) in [6.45, 7) is 7.75. The number of hydrogen-bond donors (Lipinski definition) is 1. The van der Waals surface area contributed by atoms with Gasteiger partial charge in [0.2, 0.25) is 0 Å². The molecule has 0 aliphatic rings. The molecule has 0 aromatic heterocycles. The van der Waals surface area contributed by atoms with Crippen molar-refractivity contribution in [2.24, 2.45) is 0 Å². The van der Waals surface area contributed by atoms with E-state index in [9.17, 15) is 4.79 Å². The predicted octanol–water partition coefficient (Wildman–Crippen LogP) is 5.09. The molecule has 131 valence electrons. The van der Waals surface area contributed by atoms with Gasteiger partial charge in [-0.1, -0.05) is 53.5 Å². The Morgan fingerprint density at radius 1 is 1.20 bits per heavy atom. The summed E-state index contributed by atoms with van der Waals surface area (Å²) >= 11 is 12.1. The lowest BCUT2D eigenvalue weighted by Crippen LogP contribution is -2.46. The van der Waals surface area contributed by atoms with E-state index in [0.717, 1.165) is 5.56 Å². The minimum absolute atomic E-state index is 0.402. The zero-order valence-electron chi connectivity index (χ0n) is 14.0. The zero-order valence-corrected chi connectivity index (χ0v) is 15.5. The second-order valence-corrected chi connectivity index (χ2v) is 6.72. The molecule has 2 rings (SSSR count). The number of halogens is 2. The Labute approximate surface area is 158 Å². The van der Waals surface area contributed by atoms with E-state index in [1.165, 1.54) is 6.61 Å². The molecule has 0 saturated carbocycles. The van der Waals surface area contributed by atoms with E-state index < -0.39 is 11.5 Å². The summed E-state index contributed by atoms with van der Waals surface area (Å²) in [6, 6.07) is 14.3. The average Bonchev–Trinajstić information content (AvgIpc) is 2.62. The van der Waals surface area contributed by atoms with Gasteiger partial charge in [0, 0.05) is 6.54 Å². The first kappa shape index (κ1) is 19.5. The lowest BCUT2D eigenvalue weighted by Gasteiger charge is -2.29. The fourth-order valence-corrected chi connectivity index (χ4v) is 2.67. The van der Waals surface area contributed by atoms with Gasteiger partial charge in [0.15, 0.2) is 6.61 Å². The van der Waals surface area contributed by atoms with E-state index in [4.69, 9.17) is 27.9 Å². The second kappa shape index (κ2) is 9.04. The lowest BCUT2D eigenvalue weighted by atomic mass is 9.93. The third kappa shape index (κ3) is 5.89. The Morgan fingerprint density at radius 3 is 2.56 bits per heavy atom. The van der Waals surface area contributed by atoms with Crippen LogP contribution in [0.5, 0.6) is 0 Å². The average molecular weight is 377 g/mol. The Morgan fingerprint density at radius 2 is 1.92 bits per heavy atom. The molecule has 0 bridgehead atoms. The molecule has 0 saturated heterocycles. The van der Waals surface area contributed by atoms with Crippen LogP contribution in [0.1, 0.15) is 22.8 Å². The molecule has 25 heavy (non-hydrogen) atoms. The van der Waals surface area contributed by atoms with E-state index in [2.05, 4.69) is 11.9 Å². The molecule has 0 aliphatic carbocycles. The summed E-state index contributed by atoms with van der Waals surface area (Å²) in [4.78, 5) is 12.2. The van der Waals surface area contributed by atoms with Crippen LogP contribution < -0.4 is 5.32 Å². The van der Waals surface area contributed by atoms with E-state index in [0.29, 0.717) is 28.6 Å². The normalized spacial score (nSPS) is 13.1. The molecule has 1 N–H and O–H groups in total. The first-order chi connectivity index (χ1) is 11.9. The highest BCUT2D eigenvalue weighted by Crippen LogP contribution is 2.26. The molecule has 0 fully saturated rings. The number of hydrogen-bond acceptors (Lipinski definition) is 3. The first-order valence-electron chi connectivity index (χ1n) is 7.84. The molecule has 0 amide bonds. The fraction of sp³-hybridized carbons (Fsp3) is 0.200. The summed E-state index contributed by atoms with van der Waals surface area (Å²) < 4.78 is 5.40. The van der Waals surface area contributed by atoms with Crippen LogP contribution in [-0.2, 0) is 11.2 Å². The van der Waals surface area contributed by atoms with E-state index in [-0.39, 0.29) is 0 Å². The summed E-state index contributed by atoms with van der Waals surface area (Å²) in [5.74, 6) is -0.402. The van der Waals surface area contributed by atoms with Gasteiger partial charge in [0.25, 0.3) is 0 Å². The number of carbonyl (C=O) groups excluding carboxylic acids is 1. The molecular formula is C20H20Cl2NO2. The monoisotopic (exact) mass is 376 g/mol. The minimum atomic E-state index is -0.588. The van der Waals surface area contributed by atoms with Gasteiger partial charge in [-0.15, -0.1) is 6.58 Å². The van der Waals surface area contributed by atoms with Crippen molar-refractivity contribution in [1.29, 1.82) is 0 Å². The van der Waals surface area contributed by atoms with Gasteiger partial charge in [0.05, 0.1) is 21.1 Å². The molecule has 0 heterocycles.